The van der Waals surface area contributed by atoms with E-state index in [1.807, 2.05) is 11.3 Å². The minimum atomic E-state index is 0.244. The molecule has 28 heavy (non-hydrogen) atoms. The molecule has 0 amide bonds. The Balaban J connectivity index is 1.43. The summed E-state index contributed by atoms with van der Waals surface area (Å²) in [7, 11) is 2.08. The van der Waals surface area contributed by atoms with Crippen LogP contribution in [0.1, 0.15) is 28.0 Å². The van der Waals surface area contributed by atoms with Crippen molar-refractivity contribution in [2.75, 3.05) is 31.6 Å². The number of aryl methyl sites for hydroxylation is 2. The van der Waals surface area contributed by atoms with Crippen molar-refractivity contribution < 1.29 is 4.74 Å². The van der Waals surface area contributed by atoms with Crippen LogP contribution in [0, 0.1) is 13.8 Å². The third-order valence-electron chi connectivity index (χ3n) is 4.72. The van der Waals surface area contributed by atoms with Gasteiger partial charge in [-0.05, 0) is 43.5 Å². The van der Waals surface area contributed by atoms with E-state index >= 15 is 0 Å². The number of benzene rings is 1. The number of rotatable bonds is 9. The van der Waals surface area contributed by atoms with Crippen molar-refractivity contribution in [3.05, 3.63) is 58.0 Å². The lowest BCUT2D eigenvalue weighted by molar-refractivity contribution is 0.306. The summed E-state index contributed by atoms with van der Waals surface area (Å²) in [6.07, 6.45) is 5.61. The number of hydrogen-bond donors (Lipinski definition) is 2. The fourth-order valence-corrected chi connectivity index (χ4v) is 3.82. The van der Waals surface area contributed by atoms with Gasteiger partial charge in [-0.2, -0.15) is 0 Å². The zero-order valence-electron chi connectivity index (χ0n) is 16.9. The van der Waals surface area contributed by atoms with Gasteiger partial charge in [0.1, 0.15) is 6.61 Å². The maximum atomic E-state index is 5.89. The largest absolute Gasteiger partial charge is 0.464 e. The van der Waals surface area contributed by atoms with Crippen LogP contribution in [-0.2, 0) is 11.3 Å². The number of thiophene rings is 1. The van der Waals surface area contributed by atoms with Crippen molar-refractivity contribution in [3.8, 4) is 0 Å². The van der Waals surface area contributed by atoms with Gasteiger partial charge in [0.05, 0.1) is 18.1 Å². The van der Waals surface area contributed by atoms with Gasteiger partial charge >= 0.3 is 0 Å². The Hall–Kier alpha value is -2.31. The smallest absolute Gasteiger partial charge is 0.282 e. The van der Waals surface area contributed by atoms with E-state index in [0.717, 1.165) is 25.1 Å². The molecule has 1 aliphatic heterocycles. The maximum Gasteiger partial charge on any atom is 0.282 e. The van der Waals surface area contributed by atoms with Crippen LogP contribution < -0.4 is 16.0 Å². The summed E-state index contributed by atoms with van der Waals surface area (Å²) in [6, 6.07) is 11.4. The highest BCUT2D eigenvalue weighted by atomic mass is 32.1. The van der Waals surface area contributed by atoms with Crippen molar-refractivity contribution >= 4 is 28.4 Å². The summed E-state index contributed by atoms with van der Waals surface area (Å²) < 4.78 is 5.58. The Bertz CT molecular complexity index is 822. The number of likely N-dealkylation sites (N-methyl/N-ethyl adjacent to an activating group) is 1. The van der Waals surface area contributed by atoms with Crippen molar-refractivity contribution in [2.24, 2.45) is 10.7 Å². The summed E-state index contributed by atoms with van der Waals surface area (Å²) in [4.78, 5) is 7.83. The minimum Gasteiger partial charge on any atom is -0.464 e. The van der Waals surface area contributed by atoms with Crippen LogP contribution in [0.3, 0.4) is 0 Å². The topological polar surface area (TPSA) is 72.8 Å². The summed E-state index contributed by atoms with van der Waals surface area (Å²) in [5.41, 5.74) is 9.56. The van der Waals surface area contributed by atoms with Gasteiger partial charge in [-0.3, -0.25) is 0 Å². The third kappa shape index (κ3) is 6.39. The molecule has 2 aromatic rings. The van der Waals surface area contributed by atoms with E-state index in [1.165, 1.54) is 21.0 Å². The average Bonchev–Trinajstić information content (AvgIpc) is 3.43. The van der Waals surface area contributed by atoms with E-state index in [9.17, 15) is 0 Å². The zero-order chi connectivity index (χ0) is 19.9. The van der Waals surface area contributed by atoms with Gasteiger partial charge < -0.3 is 20.7 Å². The molecule has 1 unspecified atom stereocenters. The van der Waals surface area contributed by atoms with Gasteiger partial charge in [0.15, 0.2) is 0 Å². The molecule has 0 bridgehead atoms. The second-order valence-electron chi connectivity index (χ2n) is 7.29. The van der Waals surface area contributed by atoms with Gasteiger partial charge in [0.2, 0.25) is 0 Å². The van der Waals surface area contributed by atoms with Crippen LogP contribution in [-0.4, -0.2) is 38.8 Å². The van der Waals surface area contributed by atoms with Crippen LogP contribution in [0.4, 0.5) is 5.00 Å². The molecule has 1 aliphatic rings. The fourth-order valence-electron chi connectivity index (χ4n) is 2.73. The van der Waals surface area contributed by atoms with E-state index in [-0.39, 0.29) is 6.02 Å². The van der Waals surface area contributed by atoms with E-state index < -0.39 is 0 Å². The van der Waals surface area contributed by atoms with E-state index in [0.29, 0.717) is 19.2 Å². The van der Waals surface area contributed by atoms with Gasteiger partial charge in [0, 0.05) is 24.5 Å². The van der Waals surface area contributed by atoms with Crippen LogP contribution in [0.25, 0.3) is 6.08 Å². The number of ether oxygens (including phenoxy) is 1. The molecule has 2 heterocycles. The van der Waals surface area contributed by atoms with Gasteiger partial charge in [-0.1, -0.05) is 35.9 Å². The molecule has 1 saturated heterocycles. The molecule has 0 spiro atoms. The molecule has 6 heteroatoms. The zero-order valence-corrected chi connectivity index (χ0v) is 17.8. The first-order valence-electron chi connectivity index (χ1n) is 9.71. The minimum absolute atomic E-state index is 0.244. The highest BCUT2D eigenvalue weighted by Gasteiger charge is 2.17. The van der Waals surface area contributed by atoms with E-state index in [4.69, 9.17) is 10.5 Å². The highest BCUT2D eigenvalue weighted by molar-refractivity contribution is 7.17. The molecular weight excluding hydrogens is 368 g/mol. The summed E-state index contributed by atoms with van der Waals surface area (Å²) in [6.45, 7) is 7.19. The Morgan fingerprint density at radius 2 is 2.11 bits per heavy atom. The van der Waals surface area contributed by atoms with Crippen LogP contribution >= 0.6 is 11.3 Å². The SMILES string of the molecule is Cc1ccc(CN=C(N)OCCN(C)c2cc(C)c(/C=C/CC3CN3)s2)cc1. The van der Waals surface area contributed by atoms with Crippen molar-refractivity contribution in [1.29, 1.82) is 0 Å². The van der Waals surface area contributed by atoms with Crippen molar-refractivity contribution in [2.45, 2.75) is 32.9 Å². The highest BCUT2D eigenvalue weighted by Crippen LogP contribution is 2.30. The van der Waals surface area contributed by atoms with Crippen molar-refractivity contribution in [1.82, 2.24) is 5.32 Å². The monoisotopic (exact) mass is 398 g/mol. The molecular formula is C22H30N4OS. The number of aliphatic imine (C=N–C) groups is 1. The lowest BCUT2D eigenvalue weighted by Gasteiger charge is -2.16. The maximum absolute atomic E-state index is 5.89. The Morgan fingerprint density at radius 1 is 1.36 bits per heavy atom. The number of nitrogens with two attached hydrogens (primary N) is 1. The van der Waals surface area contributed by atoms with Gasteiger partial charge in [0.25, 0.3) is 6.02 Å². The number of nitrogens with one attached hydrogen (secondary N) is 1. The molecule has 1 aromatic heterocycles. The number of anilines is 1. The van der Waals surface area contributed by atoms with Gasteiger partial charge in [-0.15, -0.1) is 11.3 Å². The van der Waals surface area contributed by atoms with Crippen molar-refractivity contribution in [3.63, 3.8) is 0 Å². The Labute approximate surface area is 171 Å². The first-order chi connectivity index (χ1) is 13.5. The summed E-state index contributed by atoms with van der Waals surface area (Å²) in [5, 5.41) is 4.56. The predicted molar refractivity (Wildman–Crippen MR) is 120 cm³/mol. The fraction of sp³-hybridized carbons (Fsp3) is 0.409. The molecule has 3 N–H and O–H groups in total. The lowest BCUT2D eigenvalue weighted by Crippen LogP contribution is -2.26. The molecule has 0 aliphatic carbocycles. The summed E-state index contributed by atoms with van der Waals surface area (Å²) >= 11 is 1.81. The van der Waals surface area contributed by atoms with Crippen LogP contribution in [0.5, 0.6) is 0 Å². The van der Waals surface area contributed by atoms with E-state index in [2.05, 4.69) is 78.6 Å². The standard InChI is InChI=1S/C22H30N4OS/c1-16-7-9-18(10-8-16)14-25-22(23)27-12-11-26(3)21-13-17(2)20(28-21)6-4-5-19-15-24-19/h4,6-10,13,19,24H,5,11-12,14-15H2,1-3H3,(H2,23,25)/b6-4+. The lowest BCUT2D eigenvalue weighted by atomic mass is 10.1. The number of hydrogen-bond acceptors (Lipinski definition) is 5. The molecule has 1 aromatic carbocycles. The average molecular weight is 399 g/mol. The van der Waals surface area contributed by atoms with Gasteiger partial charge in [-0.25, -0.2) is 4.99 Å². The first kappa shape index (κ1) is 20.4. The molecule has 0 radical (unpaired) electrons. The second kappa shape index (κ2) is 9.75. The number of amidine groups is 1. The Kier molecular flexibility index (Phi) is 7.12. The molecule has 5 nitrogen and oxygen atoms in total. The molecule has 0 saturated carbocycles. The third-order valence-corrected chi connectivity index (χ3v) is 6.03. The molecule has 1 fully saturated rings. The quantitative estimate of drug-likeness (QED) is 0.384. The van der Waals surface area contributed by atoms with E-state index in [1.54, 1.807) is 0 Å². The van der Waals surface area contributed by atoms with Crippen LogP contribution in [0.15, 0.2) is 41.4 Å². The first-order valence-corrected chi connectivity index (χ1v) is 10.5. The molecule has 1 atom stereocenters. The molecule has 3 rings (SSSR count). The van der Waals surface area contributed by atoms with Crippen LogP contribution in [0.2, 0.25) is 0 Å². The number of nitrogens with zero attached hydrogens (tertiary/aromatic N) is 2. The summed E-state index contributed by atoms with van der Waals surface area (Å²) in [5.74, 6) is 0. The second-order valence-corrected chi connectivity index (χ2v) is 8.35. The molecule has 150 valence electrons. The normalized spacial score (nSPS) is 16.5. The predicted octanol–water partition coefficient (Wildman–Crippen LogP) is 3.71. The Morgan fingerprint density at radius 3 is 2.82 bits per heavy atom.